The number of aryl methyl sites for hydroxylation is 1. The van der Waals surface area contributed by atoms with E-state index in [0.29, 0.717) is 5.69 Å². The Morgan fingerprint density at radius 3 is 2.46 bits per heavy atom. The lowest BCUT2D eigenvalue weighted by Crippen LogP contribution is -2.38. The van der Waals surface area contributed by atoms with E-state index in [2.05, 4.69) is 4.98 Å². The molecule has 0 saturated heterocycles. The zero-order valence-corrected chi connectivity index (χ0v) is 16.5. The van der Waals surface area contributed by atoms with E-state index in [-0.39, 0.29) is 17.1 Å². The number of nitrogens with zero attached hydrogens (tertiary/aromatic N) is 2. The Bertz CT molecular complexity index is 1150. The number of sulfonamides is 1. The highest BCUT2D eigenvalue weighted by atomic mass is 32.2. The van der Waals surface area contributed by atoms with Gasteiger partial charge in [-0.1, -0.05) is 42.0 Å². The maximum Gasteiger partial charge on any atom is 0.264 e. The van der Waals surface area contributed by atoms with Gasteiger partial charge in [-0.2, -0.15) is 0 Å². The molecule has 1 aromatic heterocycles. The number of hydrogen-bond donors (Lipinski definition) is 0. The van der Waals surface area contributed by atoms with Gasteiger partial charge < -0.3 is 0 Å². The van der Waals surface area contributed by atoms with E-state index >= 15 is 0 Å². The van der Waals surface area contributed by atoms with Gasteiger partial charge in [-0.15, -0.1) is 0 Å². The number of para-hydroxylation sites is 1. The van der Waals surface area contributed by atoms with E-state index in [1.165, 1.54) is 11.2 Å². The summed E-state index contributed by atoms with van der Waals surface area (Å²) in [6, 6.07) is 17.1. The van der Waals surface area contributed by atoms with Crippen LogP contribution in [0.5, 0.6) is 0 Å². The van der Waals surface area contributed by atoms with Crippen LogP contribution in [0.1, 0.15) is 30.5 Å². The lowest BCUT2D eigenvalue weighted by atomic mass is 9.91. The summed E-state index contributed by atoms with van der Waals surface area (Å²) in [7, 11) is -3.88. The zero-order valence-electron chi connectivity index (χ0n) is 15.7. The number of carbonyl (C=O) groups is 1. The van der Waals surface area contributed by atoms with Gasteiger partial charge in [0.25, 0.3) is 10.0 Å². The standard InChI is InChI=1S/C22H20N2O3S/c1-15-9-11-17(12-10-15)28(26,27)24-20-8-4-3-6-18(20)22-19(7-5-13-23-22)21(24)14-16(2)25/h3-13,21H,14H2,1-2H3. The second-order valence-electron chi connectivity index (χ2n) is 6.99. The Kier molecular flexibility index (Phi) is 4.51. The number of carbonyl (C=O) groups excluding carboxylic acids is 1. The molecular formula is C22H20N2O3S. The van der Waals surface area contributed by atoms with Crippen molar-refractivity contribution in [1.82, 2.24) is 4.98 Å². The lowest BCUT2D eigenvalue weighted by molar-refractivity contribution is -0.117. The van der Waals surface area contributed by atoms with Gasteiger partial charge in [0, 0.05) is 23.7 Å². The highest BCUT2D eigenvalue weighted by Gasteiger charge is 2.39. The number of rotatable bonds is 4. The van der Waals surface area contributed by atoms with E-state index in [0.717, 1.165) is 22.4 Å². The molecule has 142 valence electrons. The lowest BCUT2D eigenvalue weighted by Gasteiger charge is -2.38. The normalized spacial score (nSPS) is 15.6. The number of pyridine rings is 1. The van der Waals surface area contributed by atoms with Crippen LogP contribution in [0.4, 0.5) is 5.69 Å². The predicted octanol–water partition coefficient (Wildman–Crippen LogP) is 4.29. The maximum absolute atomic E-state index is 13.7. The molecule has 28 heavy (non-hydrogen) atoms. The minimum absolute atomic E-state index is 0.0803. The van der Waals surface area contributed by atoms with Crippen molar-refractivity contribution in [1.29, 1.82) is 0 Å². The fraction of sp³-hybridized carbons (Fsp3) is 0.182. The minimum atomic E-state index is -3.88. The summed E-state index contributed by atoms with van der Waals surface area (Å²) in [5.41, 5.74) is 3.73. The van der Waals surface area contributed by atoms with E-state index < -0.39 is 16.1 Å². The zero-order chi connectivity index (χ0) is 19.9. The monoisotopic (exact) mass is 392 g/mol. The maximum atomic E-state index is 13.7. The molecule has 2 aromatic carbocycles. The number of fused-ring (bicyclic) bond motifs is 3. The van der Waals surface area contributed by atoms with Crippen LogP contribution in [0.25, 0.3) is 11.3 Å². The Balaban J connectivity index is 1.98. The van der Waals surface area contributed by atoms with Crippen LogP contribution < -0.4 is 4.31 Å². The molecule has 5 nitrogen and oxygen atoms in total. The molecule has 1 aliphatic rings. The molecule has 2 heterocycles. The smallest absolute Gasteiger partial charge is 0.264 e. The Labute approximate surface area is 164 Å². The topological polar surface area (TPSA) is 67.3 Å². The molecule has 0 N–H and O–H groups in total. The van der Waals surface area contributed by atoms with Crippen molar-refractivity contribution in [2.24, 2.45) is 0 Å². The van der Waals surface area contributed by atoms with Crippen molar-refractivity contribution in [3.8, 4) is 11.3 Å². The summed E-state index contributed by atoms with van der Waals surface area (Å²) >= 11 is 0. The van der Waals surface area contributed by atoms with Crippen LogP contribution >= 0.6 is 0 Å². The summed E-state index contributed by atoms with van der Waals surface area (Å²) in [6.45, 7) is 3.39. The van der Waals surface area contributed by atoms with Crippen LogP contribution in [0, 0.1) is 6.92 Å². The first kappa shape index (κ1) is 18.4. The average Bonchev–Trinajstić information content (AvgIpc) is 2.68. The van der Waals surface area contributed by atoms with Crippen molar-refractivity contribution in [2.75, 3.05) is 4.31 Å². The molecule has 0 amide bonds. The summed E-state index contributed by atoms with van der Waals surface area (Å²) < 4.78 is 28.7. The number of ketones is 1. The van der Waals surface area contributed by atoms with Gasteiger partial charge in [0.05, 0.1) is 22.3 Å². The van der Waals surface area contributed by atoms with Crippen LogP contribution in [-0.2, 0) is 14.8 Å². The van der Waals surface area contributed by atoms with Crippen LogP contribution in [0.15, 0.2) is 71.8 Å². The SMILES string of the molecule is CC(=O)CC1c2cccnc2-c2ccccc2N1S(=O)(=O)c1ccc(C)cc1. The average molecular weight is 392 g/mol. The molecule has 4 rings (SSSR count). The third-order valence-electron chi connectivity index (χ3n) is 4.94. The minimum Gasteiger partial charge on any atom is -0.300 e. The first-order valence-electron chi connectivity index (χ1n) is 9.04. The molecular weight excluding hydrogens is 372 g/mol. The van der Waals surface area contributed by atoms with Gasteiger partial charge in [-0.05, 0) is 38.1 Å². The molecule has 0 spiro atoms. The van der Waals surface area contributed by atoms with Crippen molar-refractivity contribution >= 4 is 21.5 Å². The van der Waals surface area contributed by atoms with E-state index in [1.54, 1.807) is 48.7 Å². The first-order valence-corrected chi connectivity index (χ1v) is 10.5. The second kappa shape index (κ2) is 6.87. The van der Waals surface area contributed by atoms with Crippen molar-refractivity contribution < 1.29 is 13.2 Å². The summed E-state index contributed by atoms with van der Waals surface area (Å²) in [6.07, 6.45) is 1.77. The summed E-state index contributed by atoms with van der Waals surface area (Å²) in [5.74, 6) is -0.0803. The van der Waals surface area contributed by atoms with Gasteiger partial charge >= 0.3 is 0 Å². The third kappa shape index (κ3) is 2.99. The number of hydrogen-bond acceptors (Lipinski definition) is 4. The Morgan fingerprint density at radius 2 is 1.75 bits per heavy atom. The van der Waals surface area contributed by atoms with Crippen LogP contribution in [0.2, 0.25) is 0 Å². The van der Waals surface area contributed by atoms with Crippen LogP contribution in [0.3, 0.4) is 0 Å². The summed E-state index contributed by atoms with van der Waals surface area (Å²) in [5, 5.41) is 0. The van der Waals surface area contributed by atoms with Gasteiger partial charge in [0.15, 0.2) is 0 Å². The molecule has 0 bridgehead atoms. The van der Waals surface area contributed by atoms with Gasteiger partial charge in [0.2, 0.25) is 0 Å². The molecule has 3 aromatic rings. The fourth-order valence-corrected chi connectivity index (χ4v) is 5.31. The second-order valence-corrected chi connectivity index (χ2v) is 8.81. The molecule has 0 fully saturated rings. The van der Waals surface area contributed by atoms with E-state index in [1.807, 2.05) is 25.1 Å². The molecule has 6 heteroatoms. The molecule has 1 aliphatic heterocycles. The van der Waals surface area contributed by atoms with Crippen molar-refractivity contribution in [3.63, 3.8) is 0 Å². The highest BCUT2D eigenvalue weighted by molar-refractivity contribution is 7.92. The molecule has 1 unspecified atom stereocenters. The molecule has 0 radical (unpaired) electrons. The largest absolute Gasteiger partial charge is 0.300 e. The predicted molar refractivity (Wildman–Crippen MR) is 109 cm³/mol. The van der Waals surface area contributed by atoms with Crippen molar-refractivity contribution in [2.45, 2.75) is 31.2 Å². The summed E-state index contributed by atoms with van der Waals surface area (Å²) in [4.78, 5) is 16.7. The van der Waals surface area contributed by atoms with Crippen LogP contribution in [-0.4, -0.2) is 19.2 Å². The first-order chi connectivity index (χ1) is 13.4. The fourth-order valence-electron chi connectivity index (χ4n) is 3.66. The third-order valence-corrected chi connectivity index (χ3v) is 6.77. The highest BCUT2D eigenvalue weighted by Crippen LogP contribution is 2.47. The number of Topliss-reactive ketones (excluding diaryl/α,β-unsaturated/α-hetero) is 1. The van der Waals surface area contributed by atoms with E-state index in [4.69, 9.17) is 0 Å². The number of anilines is 1. The van der Waals surface area contributed by atoms with Gasteiger partial charge in [-0.25, -0.2) is 8.42 Å². The number of benzene rings is 2. The molecule has 1 atom stereocenters. The quantitative estimate of drug-likeness (QED) is 0.664. The molecule has 0 saturated carbocycles. The van der Waals surface area contributed by atoms with E-state index in [9.17, 15) is 13.2 Å². The van der Waals surface area contributed by atoms with Gasteiger partial charge in [0.1, 0.15) is 5.78 Å². The number of aromatic nitrogens is 1. The Hall–Kier alpha value is -2.99. The Morgan fingerprint density at radius 1 is 1.04 bits per heavy atom. The molecule has 0 aliphatic carbocycles. The van der Waals surface area contributed by atoms with Gasteiger partial charge in [-0.3, -0.25) is 14.1 Å². The van der Waals surface area contributed by atoms with Crippen molar-refractivity contribution in [3.05, 3.63) is 78.0 Å².